The third-order valence-corrected chi connectivity index (χ3v) is 47.5. The van der Waals surface area contributed by atoms with Crippen LogP contribution < -0.4 is 5.50 Å². The second-order valence-corrected chi connectivity index (χ2v) is 32.6. The van der Waals surface area contributed by atoms with E-state index in [1.807, 2.05) is 0 Å². The Hall–Kier alpha value is 3.58. The SMILES string of the molecule is N[P+](=S)P(P)P(P=S)P(P)P. The molecule has 0 rings (SSSR count). The number of rotatable bonds is 4. The number of hydrogen-bond donors (Lipinski definition) is 1. The van der Waals surface area contributed by atoms with E-state index in [1.54, 1.807) is 0 Å². The number of nitrogens with two attached hydrogens (primary N) is 1. The van der Waals surface area contributed by atoms with Gasteiger partial charge in [0.05, 0.1) is 6.99 Å². The summed E-state index contributed by atoms with van der Waals surface area (Å²) in [7, 11) is 9.53. The van der Waals surface area contributed by atoms with Gasteiger partial charge in [-0.1, -0.05) is 20.7 Å². The molecule has 0 saturated heterocycles. The molecular formula is H8NP8S2+. The van der Waals surface area contributed by atoms with Crippen molar-refractivity contribution in [1.29, 1.82) is 0 Å². The maximum Gasteiger partial charge on any atom is 0.288 e. The van der Waals surface area contributed by atoms with Crippen molar-refractivity contribution in [1.82, 2.24) is 0 Å². The van der Waals surface area contributed by atoms with Crippen LogP contribution in [0.25, 0.3) is 0 Å². The topological polar surface area (TPSA) is 26.0 Å². The van der Waals surface area contributed by atoms with Crippen LogP contribution in [0, 0.1) is 0 Å². The van der Waals surface area contributed by atoms with Gasteiger partial charge in [0.25, 0.3) is 6.54 Å². The Morgan fingerprint density at radius 2 is 1.82 bits per heavy atom. The summed E-state index contributed by atoms with van der Waals surface area (Å²) in [5, 5.41) is 0. The molecule has 0 aliphatic carbocycles. The van der Waals surface area contributed by atoms with Crippen LogP contribution in [0.3, 0.4) is 0 Å². The Balaban J connectivity index is 4.25. The van der Waals surface area contributed by atoms with Crippen molar-refractivity contribution in [3.05, 3.63) is 0 Å². The van der Waals surface area contributed by atoms with E-state index in [4.69, 9.17) is 29.1 Å². The molecule has 0 aliphatic heterocycles. The van der Waals surface area contributed by atoms with E-state index in [0.29, 0.717) is 0 Å². The van der Waals surface area contributed by atoms with E-state index in [9.17, 15) is 0 Å². The third-order valence-electron chi connectivity index (χ3n) is 0.665. The molecule has 11 heteroatoms. The summed E-state index contributed by atoms with van der Waals surface area (Å²) in [5.41, 5.74) is 5.70. The molecule has 6 atom stereocenters. The molecule has 0 amide bonds. The van der Waals surface area contributed by atoms with E-state index in [-0.39, 0.29) is 21.0 Å². The highest BCUT2D eigenvalue weighted by atomic mass is 33.2. The molecule has 2 N–H and O–H groups in total. The first-order chi connectivity index (χ1) is 5.00. The van der Waals surface area contributed by atoms with Crippen LogP contribution in [0.5, 0.6) is 0 Å². The van der Waals surface area contributed by atoms with E-state index in [0.717, 1.165) is 7.04 Å². The van der Waals surface area contributed by atoms with Crippen LogP contribution >= 0.6 is 61.3 Å². The van der Waals surface area contributed by atoms with Gasteiger partial charge in [-0.05, 0) is 6.99 Å². The van der Waals surface area contributed by atoms with Crippen LogP contribution in [-0.2, 0) is 23.6 Å². The monoisotopic (exact) mass is 334 g/mol. The Labute approximate surface area is 90.0 Å². The highest BCUT2D eigenvalue weighted by molar-refractivity contribution is 9.11. The van der Waals surface area contributed by atoms with Crippen LogP contribution in [0.4, 0.5) is 0 Å². The smallest absolute Gasteiger partial charge is 0.144 e. The van der Waals surface area contributed by atoms with Gasteiger partial charge < -0.3 is 0 Å². The zero-order chi connectivity index (χ0) is 9.02. The van der Waals surface area contributed by atoms with Gasteiger partial charge >= 0.3 is 0 Å². The normalized spacial score (nSPS) is 18.5. The molecule has 11 heavy (non-hydrogen) atoms. The minimum absolute atomic E-state index is 0.0767. The molecule has 0 fully saturated rings. The van der Waals surface area contributed by atoms with Gasteiger partial charge in [-0.15, -0.1) is 23.4 Å². The van der Waals surface area contributed by atoms with E-state index in [1.165, 1.54) is 0 Å². The summed E-state index contributed by atoms with van der Waals surface area (Å²) in [4.78, 5) is 0. The van der Waals surface area contributed by atoms with Gasteiger partial charge in [-0.2, -0.15) is 0 Å². The fourth-order valence-electron chi connectivity index (χ4n) is 0.264. The van der Waals surface area contributed by atoms with E-state index >= 15 is 0 Å². The summed E-state index contributed by atoms with van der Waals surface area (Å²) < 4.78 is 0. The lowest BCUT2D eigenvalue weighted by Crippen LogP contribution is -1.67. The quantitative estimate of drug-likeness (QED) is 0.756. The van der Waals surface area contributed by atoms with Crippen molar-refractivity contribution in [2.45, 2.75) is 0 Å². The molecule has 0 heterocycles. The predicted molar refractivity (Wildman–Crippen MR) is 82.6 cm³/mol. The standard InChI is InChI=1S/H8NP8S2/c1-6(11)8(4)9(5-10)7(2)3/h2-4H2,(H2,1,11)/q+1. The zero-order valence-electron chi connectivity index (χ0n) is 5.36. The molecule has 0 aliphatic rings. The fourth-order valence-corrected chi connectivity index (χ4v) is 56.7. The molecule has 0 saturated carbocycles. The lowest BCUT2D eigenvalue weighted by molar-refractivity contribution is 2.04. The third kappa shape index (κ3) is 5.89. The summed E-state index contributed by atoms with van der Waals surface area (Å²) in [6.07, 6.45) is 0. The maximum atomic E-state index is 5.70. The van der Waals surface area contributed by atoms with Gasteiger partial charge in [-0.25, -0.2) is 0 Å². The lowest BCUT2D eigenvalue weighted by atomic mass is 13.9. The van der Waals surface area contributed by atoms with Gasteiger partial charge in [-0.3, -0.25) is 0 Å². The average Bonchev–Trinajstić information content (AvgIpc) is 1.88. The molecule has 1 nitrogen and oxygen atoms in total. The van der Waals surface area contributed by atoms with Gasteiger partial charge in [0.15, 0.2) is 11.8 Å². The van der Waals surface area contributed by atoms with Crippen LogP contribution in [0.15, 0.2) is 0 Å². The van der Waals surface area contributed by atoms with Gasteiger partial charge in [0.2, 0.25) is 6.99 Å². The van der Waals surface area contributed by atoms with Crippen molar-refractivity contribution >= 4 is 84.9 Å². The van der Waals surface area contributed by atoms with E-state index in [2.05, 4.69) is 26.8 Å². The van der Waals surface area contributed by atoms with Crippen molar-refractivity contribution in [2.24, 2.45) is 5.50 Å². The fraction of sp³-hybridized carbons (Fsp3) is 0. The first-order valence-corrected chi connectivity index (χ1v) is 18.2. The Morgan fingerprint density at radius 3 is 1.91 bits per heavy atom. The molecular weight excluding hydrogens is 326 g/mol. The molecule has 0 radical (unpaired) electrons. The van der Waals surface area contributed by atoms with Crippen molar-refractivity contribution in [3.8, 4) is 0 Å². The Kier molecular flexibility index (Phi) is 10.4. The van der Waals surface area contributed by atoms with Gasteiger partial charge in [0, 0.05) is 7.04 Å². The summed E-state index contributed by atoms with van der Waals surface area (Å²) in [6.45, 7) is -1.11. The molecule has 0 aromatic heterocycles. The van der Waals surface area contributed by atoms with E-state index < -0.39 is 6.54 Å². The number of hydrogen-bond acceptors (Lipinski definition) is 2. The van der Waals surface area contributed by atoms with Crippen LogP contribution in [0.2, 0.25) is 0 Å². The molecule has 64 valence electrons. The lowest BCUT2D eigenvalue weighted by Gasteiger charge is -2.13. The second-order valence-electron chi connectivity index (χ2n) is 1.35. The molecule has 6 unspecified atom stereocenters. The van der Waals surface area contributed by atoms with Crippen molar-refractivity contribution in [2.75, 3.05) is 0 Å². The van der Waals surface area contributed by atoms with Crippen LogP contribution in [0.1, 0.15) is 0 Å². The Morgan fingerprint density at radius 1 is 1.36 bits per heavy atom. The first kappa shape index (κ1) is 14.6. The Bertz CT molecular complexity index is 154. The first-order valence-electron chi connectivity index (χ1n) is 2.20. The summed E-state index contributed by atoms with van der Waals surface area (Å²) in [6, 6.07) is 0. The molecule has 0 aromatic rings. The van der Waals surface area contributed by atoms with Gasteiger partial charge in [0.1, 0.15) is 0 Å². The van der Waals surface area contributed by atoms with Crippen molar-refractivity contribution in [3.63, 3.8) is 0 Å². The highest BCUT2D eigenvalue weighted by Gasteiger charge is 2.30. The average molecular weight is 334 g/mol. The molecule has 0 aromatic carbocycles. The maximum absolute atomic E-state index is 5.70. The minimum atomic E-state index is -0.683. The summed E-state index contributed by atoms with van der Waals surface area (Å²) in [5.74, 6) is 0. The predicted octanol–water partition coefficient (Wildman–Crippen LogP) is 4.69. The van der Waals surface area contributed by atoms with Crippen molar-refractivity contribution < 1.29 is 0 Å². The highest BCUT2D eigenvalue weighted by Crippen LogP contribution is 3.04. The molecule has 0 bridgehead atoms. The minimum Gasteiger partial charge on any atom is -0.144 e. The van der Waals surface area contributed by atoms with Crippen LogP contribution in [-0.4, -0.2) is 0 Å². The molecule has 0 spiro atoms. The summed E-state index contributed by atoms with van der Waals surface area (Å²) >= 11 is 10.1. The largest absolute Gasteiger partial charge is 0.288 e. The zero-order valence-corrected chi connectivity index (χ0v) is 14.9. The second kappa shape index (κ2) is 7.82.